The van der Waals surface area contributed by atoms with Crippen molar-refractivity contribution in [2.45, 2.75) is 17.8 Å². The molecule has 0 radical (unpaired) electrons. The zero-order valence-electron chi connectivity index (χ0n) is 30.6. The Balaban J connectivity index is 1.79. The summed E-state index contributed by atoms with van der Waals surface area (Å²) in [6.07, 6.45) is -12.8. The average molecular weight is 813 g/mol. The number of benzene rings is 6. The lowest BCUT2D eigenvalue weighted by Crippen LogP contribution is -2.56. The summed E-state index contributed by atoms with van der Waals surface area (Å²) in [5.74, 6) is 9.35. The first kappa shape index (κ1) is 41.6. The van der Waals surface area contributed by atoms with E-state index in [4.69, 9.17) is 0 Å². The van der Waals surface area contributed by atoms with Crippen LogP contribution in [0.2, 0.25) is 0 Å². The van der Waals surface area contributed by atoms with Crippen molar-refractivity contribution < 1.29 is 56.0 Å². The SMILES string of the molecule is O=C(O)c1cccc(C(c2ccc(-c3cccc(C#Cc4ccccc4)c3C(=O)O)c(C(=O)O)c2C#Cc2ccccc2)(C(F)(F)F)C(F)(F)F)c1C#Cc1ccccc1. The number of hydrogen-bond donors (Lipinski definition) is 3. The Morgan fingerprint density at radius 3 is 1.30 bits per heavy atom. The van der Waals surface area contributed by atoms with E-state index in [-0.39, 0.29) is 16.7 Å². The van der Waals surface area contributed by atoms with Gasteiger partial charge < -0.3 is 15.3 Å². The molecule has 0 spiro atoms. The second kappa shape index (κ2) is 16.8. The summed E-state index contributed by atoms with van der Waals surface area (Å²) in [7, 11) is 0. The Labute approximate surface area is 338 Å². The van der Waals surface area contributed by atoms with Gasteiger partial charge in [-0.3, -0.25) is 0 Å². The van der Waals surface area contributed by atoms with Crippen molar-refractivity contribution in [2.24, 2.45) is 0 Å². The molecule has 6 aromatic carbocycles. The maximum atomic E-state index is 16.1. The molecule has 0 saturated heterocycles. The fraction of sp³-hybridized carbons (Fsp3) is 0.0625. The molecule has 6 aromatic rings. The van der Waals surface area contributed by atoms with Gasteiger partial charge in [-0.05, 0) is 70.8 Å². The van der Waals surface area contributed by atoms with E-state index in [0.29, 0.717) is 29.8 Å². The number of carboxylic acids is 3. The summed E-state index contributed by atoms with van der Waals surface area (Å²) >= 11 is 0. The van der Waals surface area contributed by atoms with E-state index in [0.717, 1.165) is 12.1 Å². The number of halogens is 6. The van der Waals surface area contributed by atoms with Crippen molar-refractivity contribution in [3.8, 4) is 46.6 Å². The fourth-order valence-electron chi connectivity index (χ4n) is 6.67. The number of rotatable bonds is 6. The number of alkyl halides is 6. The molecule has 296 valence electrons. The average Bonchev–Trinajstić information content (AvgIpc) is 3.21. The zero-order chi connectivity index (χ0) is 43.2. The third-order valence-electron chi connectivity index (χ3n) is 9.27. The highest BCUT2D eigenvalue weighted by atomic mass is 19.4. The highest BCUT2D eigenvalue weighted by Gasteiger charge is 2.74. The highest BCUT2D eigenvalue weighted by molar-refractivity contribution is 6.05. The first-order chi connectivity index (χ1) is 28.6. The van der Waals surface area contributed by atoms with E-state index in [9.17, 15) is 29.7 Å². The van der Waals surface area contributed by atoms with Gasteiger partial charge in [0.2, 0.25) is 5.41 Å². The minimum atomic E-state index is -6.38. The molecule has 3 N–H and O–H groups in total. The van der Waals surface area contributed by atoms with E-state index in [1.807, 2.05) is 0 Å². The third-order valence-corrected chi connectivity index (χ3v) is 9.27. The van der Waals surface area contributed by atoms with E-state index >= 15 is 26.3 Å². The van der Waals surface area contributed by atoms with Crippen LogP contribution in [0.4, 0.5) is 26.3 Å². The molecule has 0 unspecified atom stereocenters. The maximum absolute atomic E-state index is 16.1. The Hall–Kier alpha value is -8.01. The van der Waals surface area contributed by atoms with Crippen molar-refractivity contribution in [1.29, 1.82) is 0 Å². The van der Waals surface area contributed by atoms with E-state index in [1.54, 1.807) is 42.5 Å². The van der Waals surface area contributed by atoms with Crippen LogP contribution in [0, 0.1) is 35.5 Å². The molecule has 6 nitrogen and oxygen atoms in total. The van der Waals surface area contributed by atoms with E-state index in [2.05, 4.69) is 35.5 Å². The lowest BCUT2D eigenvalue weighted by atomic mass is 9.68. The molecule has 0 bridgehead atoms. The molecule has 12 heteroatoms. The summed E-state index contributed by atoms with van der Waals surface area (Å²) in [4.78, 5) is 38.7. The first-order valence-electron chi connectivity index (χ1n) is 17.5. The van der Waals surface area contributed by atoms with Crippen LogP contribution in [0.1, 0.15) is 75.6 Å². The minimum absolute atomic E-state index is 0.0708. The molecule has 0 atom stereocenters. The molecule has 0 aromatic heterocycles. The Morgan fingerprint density at radius 2 is 0.833 bits per heavy atom. The molecule has 6 rings (SSSR count). The van der Waals surface area contributed by atoms with Gasteiger partial charge >= 0.3 is 30.3 Å². The molecular weight excluding hydrogens is 787 g/mol. The smallest absolute Gasteiger partial charge is 0.411 e. The molecule has 0 aliphatic carbocycles. The van der Waals surface area contributed by atoms with Crippen molar-refractivity contribution in [3.05, 3.63) is 201 Å². The summed E-state index contributed by atoms with van der Waals surface area (Å²) in [6.45, 7) is 0. The van der Waals surface area contributed by atoms with Crippen molar-refractivity contribution in [2.75, 3.05) is 0 Å². The van der Waals surface area contributed by atoms with Gasteiger partial charge in [0, 0.05) is 33.4 Å². The standard InChI is InChI=1S/C48H26F6O6/c49-47(50,51)46(48(52,53)54,39-21-11-20-37(43(55)56)34(39)26-23-31-14-6-2-7-15-31)40-29-28-36(42(45(59)60)38(40)27-24-32-16-8-3-9-17-32)35-19-10-18-33(41(35)44(57)58)25-22-30-12-4-1-5-13-30/h1-21,28-29H,(H,55,56)(H,57,58)(H,59,60). The van der Waals surface area contributed by atoms with Crippen LogP contribution in [0.5, 0.6) is 0 Å². The van der Waals surface area contributed by atoms with Gasteiger partial charge in [-0.1, -0.05) is 127 Å². The second-order valence-electron chi connectivity index (χ2n) is 12.9. The topological polar surface area (TPSA) is 112 Å². The van der Waals surface area contributed by atoms with Crippen LogP contribution in [-0.2, 0) is 5.41 Å². The number of carbonyl (C=O) groups is 3. The van der Waals surface area contributed by atoms with Gasteiger partial charge in [-0.25, -0.2) is 14.4 Å². The monoisotopic (exact) mass is 812 g/mol. The van der Waals surface area contributed by atoms with Crippen LogP contribution in [0.3, 0.4) is 0 Å². The van der Waals surface area contributed by atoms with Crippen LogP contribution in [-0.4, -0.2) is 45.6 Å². The molecular formula is C48H26F6O6. The molecule has 0 fully saturated rings. The van der Waals surface area contributed by atoms with Crippen molar-refractivity contribution in [3.63, 3.8) is 0 Å². The lowest BCUT2D eigenvalue weighted by Gasteiger charge is -2.40. The van der Waals surface area contributed by atoms with Gasteiger partial charge in [0.05, 0.1) is 16.7 Å². The van der Waals surface area contributed by atoms with Crippen LogP contribution in [0.15, 0.2) is 140 Å². The third kappa shape index (κ3) is 8.06. The summed E-state index contributed by atoms with van der Waals surface area (Å²) < 4.78 is 96.4. The van der Waals surface area contributed by atoms with Crippen LogP contribution < -0.4 is 0 Å². The van der Waals surface area contributed by atoms with E-state index < -0.39 is 85.7 Å². The predicted octanol–water partition coefficient (Wildman–Crippen LogP) is 10.1. The Kier molecular flexibility index (Phi) is 11.7. The van der Waals surface area contributed by atoms with Gasteiger partial charge in [-0.2, -0.15) is 26.3 Å². The normalized spacial score (nSPS) is 11.2. The Bertz CT molecular complexity index is 2820. The molecule has 60 heavy (non-hydrogen) atoms. The van der Waals surface area contributed by atoms with Crippen LogP contribution in [0.25, 0.3) is 11.1 Å². The van der Waals surface area contributed by atoms with Crippen molar-refractivity contribution >= 4 is 17.9 Å². The van der Waals surface area contributed by atoms with Gasteiger partial charge in [0.25, 0.3) is 0 Å². The fourth-order valence-corrected chi connectivity index (χ4v) is 6.67. The van der Waals surface area contributed by atoms with Gasteiger partial charge in [0.15, 0.2) is 0 Å². The maximum Gasteiger partial charge on any atom is 0.411 e. The molecule has 0 aliphatic rings. The summed E-state index contributed by atoms with van der Waals surface area (Å²) in [6, 6.07) is 29.7. The van der Waals surface area contributed by atoms with Gasteiger partial charge in [-0.15, -0.1) is 0 Å². The van der Waals surface area contributed by atoms with Crippen LogP contribution >= 0.6 is 0 Å². The summed E-state index contributed by atoms with van der Waals surface area (Å²) in [5.41, 5.74) is -14.3. The molecule has 0 heterocycles. The zero-order valence-corrected chi connectivity index (χ0v) is 30.6. The van der Waals surface area contributed by atoms with Gasteiger partial charge in [0.1, 0.15) is 0 Å². The lowest BCUT2D eigenvalue weighted by molar-refractivity contribution is -0.288. The Morgan fingerprint density at radius 1 is 0.400 bits per heavy atom. The minimum Gasteiger partial charge on any atom is -0.478 e. The molecule has 0 amide bonds. The number of carboxylic acid groups (broad SMARTS) is 3. The number of aromatic carboxylic acids is 3. The quantitative estimate of drug-likeness (QED) is 0.114. The van der Waals surface area contributed by atoms with E-state index in [1.165, 1.54) is 60.7 Å². The predicted molar refractivity (Wildman–Crippen MR) is 209 cm³/mol. The highest BCUT2D eigenvalue weighted by Crippen LogP contribution is 2.58. The van der Waals surface area contributed by atoms with Crippen molar-refractivity contribution in [1.82, 2.24) is 0 Å². The second-order valence-corrected chi connectivity index (χ2v) is 12.9. The summed E-state index contributed by atoms with van der Waals surface area (Å²) in [5, 5.41) is 31.3. The first-order valence-corrected chi connectivity index (χ1v) is 17.5. The largest absolute Gasteiger partial charge is 0.478 e. The molecule has 0 aliphatic heterocycles. The number of hydrogen-bond acceptors (Lipinski definition) is 3. The molecule has 0 saturated carbocycles.